The Labute approximate surface area is 164 Å². The van der Waals surface area contributed by atoms with Crippen molar-refractivity contribution < 1.29 is 13.9 Å². The molecule has 1 saturated heterocycles. The lowest BCUT2D eigenvalue weighted by atomic mass is 10.1. The highest BCUT2D eigenvalue weighted by Gasteiger charge is 2.17. The number of fused-ring (bicyclic) bond motifs is 1. The lowest BCUT2D eigenvalue weighted by Crippen LogP contribution is -2.37. The van der Waals surface area contributed by atoms with Crippen LogP contribution in [0.4, 0.5) is 0 Å². The lowest BCUT2D eigenvalue weighted by Gasteiger charge is -2.26. The summed E-state index contributed by atoms with van der Waals surface area (Å²) in [7, 11) is 0. The fraction of sp³-hybridized carbons (Fsp3) is 0.348. The van der Waals surface area contributed by atoms with Crippen molar-refractivity contribution in [3.05, 3.63) is 75.6 Å². The highest BCUT2D eigenvalue weighted by Crippen LogP contribution is 2.25. The molecule has 1 aliphatic rings. The van der Waals surface area contributed by atoms with E-state index in [4.69, 9.17) is 13.9 Å². The molecular weight excluding hydrogens is 354 g/mol. The number of nitrogens with zero attached hydrogens (tertiary/aromatic N) is 1. The largest absolute Gasteiger partial charge is 0.493 e. The van der Waals surface area contributed by atoms with E-state index in [-0.39, 0.29) is 5.63 Å². The summed E-state index contributed by atoms with van der Waals surface area (Å²) in [6, 6.07) is 16.0. The molecule has 1 fully saturated rings. The summed E-state index contributed by atoms with van der Waals surface area (Å²) in [6.45, 7) is 6.26. The van der Waals surface area contributed by atoms with Gasteiger partial charge in [0.05, 0.1) is 25.4 Å². The van der Waals surface area contributed by atoms with Gasteiger partial charge < -0.3 is 13.9 Å². The first-order valence-corrected chi connectivity index (χ1v) is 9.74. The number of hydrogen-bond acceptors (Lipinski definition) is 5. The Hall–Kier alpha value is -2.63. The molecule has 2 aromatic carbocycles. The molecule has 0 amide bonds. The van der Waals surface area contributed by atoms with Crippen molar-refractivity contribution in [3.63, 3.8) is 0 Å². The van der Waals surface area contributed by atoms with Crippen molar-refractivity contribution in [1.29, 1.82) is 0 Å². The zero-order chi connectivity index (χ0) is 19.3. The van der Waals surface area contributed by atoms with Crippen LogP contribution in [-0.4, -0.2) is 37.8 Å². The molecule has 4 rings (SSSR count). The lowest BCUT2D eigenvalue weighted by molar-refractivity contribution is 0.0337. The van der Waals surface area contributed by atoms with Crippen LogP contribution in [0, 0.1) is 6.92 Å². The molecule has 1 aliphatic heterocycles. The second-order valence-electron chi connectivity index (χ2n) is 7.12. The van der Waals surface area contributed by atoms with E-state index in [0.717, 1.165) is 36.0 Å². The predicted octanol–water partition coefficient (Wildman–Crippen LogP) is 3.56. The SMILES string of the molecule is Cc1c(CN2CCOCC2)c(=O)oc2cc(OCCc3ccccc3)ccc12. The molecule has 0 N–H and O–H groups in total. The second kappa shape index (κ2) is 8.59. The van der Waals surface area contributed by atoms with E-state index < -0.39 is 0 Å². The minimum absolute atomic E-state index is 0.266. The van der Waals surface area contributed by atoms with Crippen LogP contribution in [0.15, 0.2) is 57.7 Å². The Balaban J connectivity index is 1.50. The first-order chi connectivity index (χ1) is 13.7. The standard InChI is InChI=1S/C23H25NO4/c1-17-20-8-7-19(27-12-9-18-5-3-2-4-6-18)15-22(20)28-23(25)21(17)16-24-10-13-26-14-11-24/h2-8,15H,9-14,16H2,1H3. The van der Waals surface area contributed by atoms with E-state index in [2.05, 4.69) is 17.0 Å². The van der Waals surface area contributed by atoms with Gasteiger partial charge in [-0.1, -0.05) is 30.3 Å². The zero-order valence-corrected chi connectivity index (χ0v) is 16.1. The molecule has 146 valence electrons. The average Bonchev–Trinajstić information content (AvgIpc) is 2.72. The van der Waals surface area contributed by atoms with Crippen LogP contribution in [0.2, 0.25) is 0 Å². The van der Waals surface area contributed by atoms with E-state index in [9.17, 15) is 4.79 Å². The Bertz CT molecular complexity index is 991. The Kier molecular flexibility index (Phi) is 5.74. The van der Waals surface area contributed by atoms with Crippen molar-refractivity contribution in [2.24, 2.45) is 0 Å². The van der Waals surface area contributed by atoms with Crippen LogP contribution in [0.5, 0.6) is 5.75 Å². The zero-order valence-electron chi connectivity index (χ0n) is 16.1. The van der Waals surface area contributed by atoms with Crippen LogP contribution in [-0.2, 0) is 17.7 Å². The average molecular weight is 379 g/mol. The van der Waals surface area contributed by atoms with Gasteiger partial charge in [-0.25, -0.2) is 4.79 Å². The molecule has 0 radical (unpaired) electrons. The molecule has 3 aromatic rings. The van der Waals surface area contributed by atoms with Crippen molar-refractivity contribution in [3.8, 4) is 5.75 Å². The van der Waals surface area contributed by atoms with Gasteiger partial charge >= 0.3 is 5.63 Å². The van der Waals surface area contributed by atoms with E-state index >= 15 is 0 Å². The molecule has 1 aromatic heterocycles. The van der Waals surface area contributed by atoms with Crippen LogP contribution >= 0.6 is 0 Å². The second-order valence-corrected chi connectivity index (χ2v) is 7.12. The van der Waals surface area contributed by atoms with Crippen LogP contribution in [0.3, 0.4) is 0 Å². The molecule has 5 nitrogen and oxygen atoms in total. The highest BCUT2D eigenvalue weighted by molar-refractivity contribution is 5.82. The van der Waals surface area contributed by atoms with E-state index in [0.29, 0.717) is 37.7 Å². The van der Waals surface area contributed by atoms with Gasteiger partial charge in [0.2, 0.25) is 0 Å². The number of aryl methyl sites for hydroxylation is 1. The minimum Gasteiger partial charge on any atom is -0.493 e. The normalized spacial score (nSPS) is 15.0. The third-order valence-corrected chi connectivity index (χ3v) is 5.25. The van der Waals surface area contributed by atoms with Crippen molar-refractivity contribution in [2.75, 3.05) is 32.9 Å². The maximum absolute atomic E-state index is 12.6. The monoisotopic (exact) mass is 379 g/mol. The van der Waals surface area contributed by atoms with E-state index in [1.165, 1.54) is 5.56 Å². The Morgan fingerprint density at radius 2 is 1.86 bits per heavy atom. The Morgan fingerprint density at radius 3 is 2.64 bits per heavy atom. The first kappa shape index (κ1) is 18.7. The summed E-state index contributed by atoms with van der Waals surface area (Å²) in [6.07, 6.45) is 0.834. The number of ether oxygens (including phenoxy) is 2. The van der Waals surface area contributed by atoms with Gasteiger partial charge in [-0.05, 0) is 30.2 Å². The first-order valence-electron chi connectivity index (χ1n) is 9.74. The summed E-state index contributed by atoms with van der Waals surface area (Å²) in [5.41, 5.74) is 3.25. The summed E-state index contributed by atoms with van der Waals surface area (Å²) >= 11 is 0. The van der Waals surface area contributed by atoms with Crippen LogP contribution in [0.25, 0.3) is 11.0 Å². The molecule has 5 heteroatoms. The molecule has 0 spiro atoms. The third-order valence-electron chi connectivity index (χ3n) is 5.25. The molecule has 28 heavy (non-hydrogen) atoms. The van der Waals surface area contributed by atoms with E-state index in [1.807, 2.05) is 43.3 Å². The number of hydrogen-bond donors (Lipinski definition) is 0. The van der Waals surface area contributed by atoms with Crippen LogP contribution in [0.1, 0.15) is 16.7 Å². The molecular formula is C23H25NO4. The number of benzene rings is 2. The molecule has 0 saturated carbocycles. The fourth-order valence-corrected chi connectivity index (χ4v) is 3.56. The maximum atomic E-state index is 12.6. The fourth-order valence-electron chi connectivity index (χ4n) is 3.56. The van der Waals surface area contributed by atoms with Gasteiger partial charge in [-0.3, -0.25) is 4.90 Å². The van der Waals surface area contributed by atoms with Crippen molar-refractivity contribution in [2.45, 2.75) is 19.9 Å². The van der Waals surface area contributed by atoms with Gasteiger partial charge in [0.25, 0.3) is 0 Å². The van der Waals surface area contributed by atoms with Gasteiger partial charge in [-0.15, -0.1) is 0 Å². The van der Waals surface area contributed by atoms with Crippen LogP contribution < -0.4 is 10.4 Å². The third kappa shape index (κ3) is 4.26. The quantitative estimate of drug-likeness (QED) is 0.613. The molecule has 2 heterocycles. The molecule has 0 bridgehead atoms. The summed E-state index contributed by atoms with van der Waals surface area (Å²) in [5, 5.41) is 0.957. The summed E-state index contributed by atoms with van der Waals surface area (Å²) in [5.74, 6) is 0.715. The van der Waals surface area contributed by atoms with Crippen molar-refractivity contribution in [1.82, 2.24) is 4.90 Å². The number of rotatable bonds is 6. The summed E-state index contributed by atoms with van der Waals surface area (Å²) < 4.78 is 16.9. The molecule has 0 unspecified atom stereocenters. The maximum Gasteiger partial charge on any atom is 0.341 e. The topological polar surface area (TPSA) is 51.9 Å². The number of morpholine rings is 1. The van der Waals surface area contributed by atoms with Gasteiger partial charge in [0.15, 0.2) is 0 Å². The summed E-state index contributed by atoms with van der Waals surface area (Å²) in [4.78, 5) is 14.8. The molecule has 0 atom stereocenters. The smallest absolute Gasteiger partial charge is 0.341 e. The molecule has 0 aliphatic carbocycles. The van der Waals surface area contributed by atoms with Gasteiger partial charge in [-0.2, -0.15) is 0 Å². The van der Waals surface area contributed by atoms with Crippen molar-refractivity contribution >= 4 is 11.0 Å². The van der Waals surface area contributed by atoms with Gasteiger partial charge in [0.1, 0.15) is 11.3 Å². The minimum atomic E-state index is -0.266. The van der Waals surface area contributed by atoms with Gasteiger partial charge in [0, 0.05) is 37.5 Å². The highest BCUT2D eigenvalue weighted by atomic mass is 16.5. The van der Waals surface area contributed by atoms with E-state index in [1.54, 1.807) is 0 Å². The predicted molar refractivity (Wildman–Crippen MR) is 109 cm³/mol. The Morgan fingerprint density at radius 1 is 1.07 bits per heavy atom.